The number of hydrogen-bond donors (Lipinski definition) is 0. The first-order chi connectivity index (χ1) is 9.05. The summed E-state index contributed by atoms with van der Waals surface area (Å²) in [5.74, 6) is 0.172. The second-order valence-corrected chi connectivity index (χ2v) is 4.48. The molecule has 0 aliphatic carbocycles. The zero-order chi connectivity index (χ0) is 13.9. The Kier molecular flexibility index (Phi) is 3.59. The highest BCUT2D eigenvalue weighted by Crippen LogP contribution is 2.25. The van der Waals surface area contributed by atoms with E-state index in [9.17, 15) is 4.79 Å². The van der Waals surface area contributed by atoms with E-state index in [-0.39, 0.29) is 5.89 Å². The topological polar surface area (TPSA) is 78.1 Å². The van der Waals surface area contributed by atoms with Gasteiger partial charge < -0.3 is 9.26 Å². The molecule has 0 spiro atoms. The van der Waals surface area contributed by atoms with Crippen LogP contribution in [0.25, 0.3) is 11.5 Å². The number of carbonyl (C=O) groups is 1. The van der Waals surface area contributed by atoms with Gasteiger partial charge in [-0.05, 0) is 32.9 Å². The summed E-state index contributed by atoms with van der Waals surface area (Å²) in [4.78, 5) is 20.2. The monoisotopic (exact) mass is 261 g/mol. The van der Waals surface area contributed by atoms with Crippen molar-refractivity contribution in [2.24, 2.45) is 0 Å². The van der Waals surface area contributed by atoms with Crippen LogP contribution in [0.5, 0.6) is 0 Å². The molecule has 0 N–H and O–H groups in total. The molecule has 0 fully saturated rings. The van der Waals surface area contributed by atoms with E-state index in [1.165, 1.54) is 0 Å². The molecule has 6 nitrogen and oxygen atoms in total. The number of pyridine rings is 1. The van der Waals surface area contributed by atoms with Crippen LogP contribution >= 0.6 is 0 Å². The van der Waals surface area contributed by atoms with Crippen molar-refractivity contribution in [3.05, 3.63) is 30.3 Å². The Hall–Kier alpha value is -2.24. The fourth-order valence-electron chi connectivity index (χ4n) is 1.48. The third-order valence-electron chi connectivity index (χ3n) is 2.64. The van der Waals surface area contributed by atoms with Gasteiger partial charge in [0.05, 0.1) is 6.61 Å². The van der Waals surface area contributed by atoms with Crippen molar-refractivity contribution < 1.29 is 14.1 Å². The average Bonchev–Trinajstić information content (AvgIpc) is 2.90. The molecule has 2 heterocycles. The zero-order valence-electron chi connectivity index (χ0n) is 11.1. The van der Waals surface area contributed by atoms with Gasteiger partial charge in [0.1, 0.15) is 11.1 Å². The number of ether oxygens (including phenoxy) is 1. The maximum Gasteiger partial charge on any atom is 0.321 e. The van der Waals surface area contributed by atoms with Gasteiger partial charge in [-0.3, -0.25) is 9.78 Å². The Morgan fingerprint density at radius 2 is 2.21 bits per heavy atom. The van der Waals surface area contributed by atoms with Gasteiger partial charge in [0, 0.05) is 6.20 Å². The molecule has 100 valence electrons. The Morgan fingerprint density at radius 3 is 2.84 bits per heavy atom. The minimum absolute atomic E-state index is 0.214. The summed E-state index contributed by atoms with van der Waals surface area (Å²) in [6.45, 7) is 5.42. The normalized spacial score (nSPS) is 11.3. The Balaban J connectivity index is 2.28. The molecule has 0 saturated carbocycles. The summed E-state index contributed by atoms with van der Waals surface area (Å²) in [5.41, 5.74) is -0.382. The van der Waals surface area contributed by atoms with Crippen molar-refractivity contribution in [3.8, 4) is 11.5 Å². The van der Waals surface area contributed by atoms with Crippen LogP contribution in [0, 0.1) is 0 Å². The lowest BCUT2D eigenvalue weighted by Gasteiger charge is -2.16. The molecule has 0 radical (unpaired) electrons. The van der Waals surface area contributed by atoms with Crippen LogP contribution in [-0.2, 0) is 14.9 Å². The first-order valence-corrected chi connectivity index (χ1v) is 5.98. The number of carbonyl (C=O) groups excluding carboxylic acids is 1. The molecule has 2 aromatic rings. The van der Waals surface area contributed by atoms with Gasteiger partial charge in [-0.25, -0.2) is 0 Å². The average molecular weight is 261 g/mol. The molecule has 0 saturated heterocycles. The third-order valence-corrected chi connectivity index (χ3v) is 2.64. The zero-order valence-corrected chi connectivity index (χ0v) is 11.1. The molecule has 0 aliphatic heterocycles. The van der Waals surface area contributed by atoms with Crippen molar-refractivity contribution in [1.82, 2.24) is 15.1 Å². The maximum atomic E-state index is 11.8. The van der Waals surface area contributed by atoms with Crippen molar-refractivity contribution >= 4 is 5.97 Å². The largest absolute Gasteiger partial charge is 0.465 e. The Bertz CT molecular complexity index is 564. The minimum Gasteiger partial charge on any atom is -0.465 e. The predicted octanol–water partition coefficient (Wildman–Crippen LogP) is 1.97. The molecule has 0 aliphatic rings. The molecule has 2 aromatic heterocycles. The van der Waals surface area contributed by atoms with Crippen LogP contribution in [0.3, 0.4) is 0 Å². The van der Waals surface area contributed by atoms with Crippen molar-refractivity contribution in [2.75, 3.05) is 6.61 Å². The van der Waals surface area contributed by atoms with E-state index in [2.05, 4.69) is 15.1 Å². The molecule has 6 heteroatoms. The smallest absolute Gasteiger partial charge is 0.321 e. The Labute approximate surface area is 110 Å². The minimum atomic E-state index is -0.976. The lowest BCUT2D eigenvalue weighted by Crippen LogP contribution is -2.31. The maximum absolute atomic E-state index is 11.8. The quantitative estimate of drug-likeness (QED) is 0.783. The van der Waals surface area contributed by atoms with Gasteiger partial charge in [-0.2, -0.15) is 4.98 Å². The van der Waals surface area contributed by atoms with Gasteiger partial charge in [0.25, 0.3) is 0 Å². The fourth-order valence-corrected chi connectivity index (χ4v) is 1.48. The number of rotatable bonds is 4. The lowest BCUT2D eigenvalue weighted by molar-refractivity contribution is -0.149. The van der Waals surface area contributed by atoms with Crippen LogP contribution in [-0.4, -0.2) is 27.7 Å². The molecule has 0 amide bonds. The molecule has 0 atom stereocenters. The molecular weight excluding hydrogens is 246 g/mol. The highest BCUT2D eigenvalue weighted by molar-refractivity contribution is 5.80. The number of hydrogen-bond acceptors (Lipinski definition) is 6. The van der Waals surface area contributed by atoms with E-state index >= 15 is 0 Å². The summed E-state index contributed by atoms with van der Waals surface area (Å²) >= 11 is 0. The van der Waals surface area contributed by atoms with Crippen LogP contribution in [0.15, 0.2) is 28.9 Å². The molecule has 0 unspecified atom stereocenters. The van der Waals surface area contributed by atoms with Crippen LogP contribution in [0.1, 0.15) is 26.7 Å². The van der Waals surface area contributed by atoms with E-state index in [1.807, 2.05) is 6.07 Å². The highest BCUT2D eigenvalue weighted by Gasteiger charge is 2.37. The van der Waals surface area contributed by atoms with Gasteiger partial charge in [-0.15, -0.1) is 0 Å². The molecular formula is C13H15N3O3. The number of esters is 1. The summed E-state index contributed by atoms with van der Waals surface area (Å²) < 4.78 is 10.1. The summed E-state index contributed by atoms with van der Waals surface area (Å²) in [5, 5.41) is 3.84. The summed E-state index contributed by atoms with van der Waals surface area (Å²) in [6, 6.07) is 5.40. The number of aromatic nitrogens is 3. The molecule has 0 bridgehead atoms. The van der Waals surface area contributed by atoms with Crippen LogP contribution < -0.4 is 0 Å². The molecule has 0 aromatic carbocycles. The van der Waals surface area contributed by atoms with Gasteiger partial charge in [0.15, 0.2) is 0 Å². The predicted molar refractivity (Wildman–Crippen MR) is 67.2 cm³/mol. The SMILES string of the molecule is CCOC(=O)C(C)(C)c1nc(-c2ccccn2)no1. The second kappa shape index (κ2) is 5.17. The highest BCUT2D eigenvalue weighted by atomic mass is 16.5. The standard InChI is InChI=1S/C13H15N3O3/c1-4-18-12(17)13(2,3)11-15-10(16-19-11)9-7-5-6-8-14-9/h5-8H,4H2,1-3H3. The second-order valence-electron chi connectivity index (χ2n) is 4.48. The van der Waals surface area contributed by atoms with Gasteiger partial charge in [0.2, 0.25) is 11.7 Å². The summed E-state index contributed by atoms with van der Waals surface area (Å²) in [6.07, 6.45) is 1.64. The molecule has 2 rings (SSSR count). The summed E-state index contributed by atoms with van der Waals surface area (Å²) in [7, 11) is 0. The third kappa shape index (κ3) is 2.62. The van der Waals surface area contributed by atoms with E-state index in [0.29, 0.717) is 18.1 Å². The van der Waals surface area contributed by atoms with Crippen molar-refractivity contribution in [2.45, 2.75) is 26.2 Å². The van der Waals surface area contributed by atoms with E-state index in [1.54, 1.807) is 39.1 Å². The van der Waals surface area contributed by atoms with Crippen LogP contribution in [0.2, 0.25) is 0 Å². The van der Waals surface area contributed by atoms with E-state index < -0.39 is 11.4 Å². The number of nitrogens with zero attached hydrogens (tertiary/aromatic N) is 3. The Morgan fingerprint density at radius 1 is 1.42 bits per heavy atom. The first kappa shape index (κ1) is 13.2. The van der Waals surface area contributed by atoms with Crippen molar-refractivity contribution in [3.63, 3.8) is 0 Å². The molecule has 19 heavy (non-hydrogen) atoms. The van der Waals surface area contributed by atoms with E-state index in [0.717, 1.165) is 0 Å². The van der Waals surface area contributed by atoms with Gasteiger partial charge >= 0.3 is 5.97 Å². The van der Waals surface area contributed by atoms with Crippen LogP contribution in [0.4, 0.5) is 0 Å². The van der Waals surface area contributed by atoms with E-state index in [4.69, 9.17) is 9.26 Å². The first-order valence-electron chi connectivity index (χ1n) is 5.98. The van der Waals surface area contributed by atoms with Gasteiger partial charge in [-0.1, -0.05) is 11.2 Å². The lowest BCUT2D eigenvalue weighted by atomic mass is 9.94. The fraction of sp³-hybridized carbons (Fsp3) is 0.385. The van der Waals surface area contributed by atoms with Crippen molar-refractivity contribution in [1.29, 1.82) is 0 Å².